The van der Waals surface area contributed by atoms with Crippen molar-refractivity contribution in [1.82, 2.24) is 4.90 Å². The molecule has 0 bridgehead atoms. The van der Waals surface area contributed by atoms with Gasteiger partial charge in [-0.05, 0) is 0 Å². The van der Waals surface area contributed by atoms with Crippen molar-refractivity contribution in [2.24, 2.45) is 5.73 Å². The molecular formula is C9H16N2O3. The first-order chi connectivity index (χ1) is 6.79. The highest BCUT2D eigenvalue weighted by molar-refractivity contribution is 5.63. The van der Waals surface area contributed by atoms with Crippen LogP contribution in [-0.4, -0.2) is 62.3 Å². The summed E-state index contributed by atoms with van der Waals surface area (Å²) < 4.78 is 10.6. The van der Waals surface area contributed by atoms with E-state index >= 15 is 0 Å². The molecule has 0 aromatic heterocycles. The van der Waals surface area contributed by atoms with E-state index in [1.165, 1.54) is 0 Å². The molecule has 2 aliphatic rings. The largest absolute Gasteiger partial charge is 0.378 e. The van der Waals surface area contributed by atoms with E-state index in [2.05, 4.69) is 4.90 Å². The molecule has 2 N–H and O–H groups in total. The molecule has 2 aliphatic heterocycles. The standard InChI is InChI=1S/C9H16N2O3/c10-5-9(7-12)6-11(1-2-14-9)8-3-13-4-8/h7-8H,1-6,10H2. The minimum absolute atomic E-state index is 0.251. The zero-order valence-electron chi connectivity index (χ0n) is 8.15. The normalized spacial score (nSPS) is 35.2. The summed E-state index contributed by atoms with van der Waals surface area (Å²) in [4.78, 5) is 13.2. The second-order valence-corrected chi connectivity index (χ2v) is 3.90. The fourth-order valence-electron chi connectivity index (χ4n) is 1.82. The van der Waals surface area contributed by atoms with Crippen LogP contribution in [0.25, 0.3) is 0 Å². The van der Waals surface area contributed by atoms with Crippen LogP contribution in [0.3, 0.4) is 0 Å². The summed E-state index contributed by atoms with van der Waals surface area (Å²) in [5.41, 5.74) is 4.77. The molecular weight excluding hydrogens is 184 g/mol. The lowest BCUT2D eigenvalue weighted by Gasteiger charge is -2.45. The SMILES string of the molecule is NCC1(C=O)CN(C2COC2)CCO1. The van der Waals surface area contributed by atoms with Crippen LogP contribution < -0.4 is 5.73 Å². The summed E-state index contributed by atoms with van der Waals surface area (Å²) in [7, 11) is 0. The molecule has 0 aromatic rings. The highest BCUT2D eigenvalue weighted by Crippen LogP contribution is 2.20. The fraction of sp³-hybridized carbons (Fsp3) is 0.889. The van der Waals surface area contributed by atoms with Crippen LogP contribution in [0, 0.1) is 0 Å². The predicted octanol–water partition coefficient (Wildman–Crippen LogP) is -1.39. The van der Waals surface area contributed by atoms with Gasteiger partial charge in [-0.15, -0.1) is 0 Å². The van der Waals surface area contributed by atoms with E-state index in [9.17, 15) is 4.79 Å². The van der Waals surface area contributed by atoms with E-state index in [4.69, 9.17) is 15.2 Å². The van der Waals surface area contributed by atoms with Gasteiger partial charge in [-0.3, -0.25) is 4.90 Å². The van der Waals surface area contributed by atoms with Gasteiger partial charge < -0.3 is 20.0 Å². The molecule has 0 aromatic carbocycles. The molecule has 1 unspecified atom stereocenters. The molecule has 5 heteroatoms. The zero-order chi connectivity index (χ0) is 10.0. The third-order valence-electron chi connectivity index (χ3n) is 2.94. The van der Waals surface area contributed by atoms with Crippen LogP contribution in [0.5, 0.6) is 0 Å². The average molecular weight is 200 g/mol. The monoisotopic (exact) mass is 200 g/mol. The Bertz CT molecular complexity index is 220. The van der Waals surface area contributed by atoms with Crippen molar-refractivity contribution in [3.8, 4) is 0 Å². The van der Waals surface area contributed by atoms with Crippen LogP contribution in [-0.2, 0) is 14.3 Å². The maximum Gasteiger partial charge on any atom is 0.154 e. The maximum absolute atomic E-state index is 10.9. The summed E-state index contributed by atoms with van der Waals surface area (Å²) in [5.74, 6) is 0. The molecule has 0 spiro atoms. The Labute approximate surface area is 83.1 Å². The van der Waals surface area contributed by atoms with Crippen LogP contribution in [0.4, 0.5) is 0 Å². The molecule has 2 heterocycles. The molecule has 5 nitrogen and oxygen atoms in total. The molecule has 2 fully saturated rings. The molecule has 80 valence electrons. The number of morpholine rings is 1. The lowest BCUT2D eigenvalue weighted by molar-refractivity contribution is -0.159. The van der Waals surface area contributed by atoms with E-state index < -0.39 is 5.60 Å². The number of ether oxygens (including phenoxy) is 2. The smallest absolute Gasteiger partial charge is 0.154 e. The van der Waals surface area contributed by atoms with Crippen LogP contribution in [0.2, 0.25) is 0 Å². The summed E-state index contributed by atoms with van der Waals surface area (Å²) >= 11 is 0. The van der Waals surface area contributed by atoms with Gasteiger partial charge in [-0.25, -0.2) is 0 Å². The summed E-state index contributed by atoms with van der Waals surface area (Å²) in [6, 6.07) is 0.449. The molecule has 2 rings (SSSR count). The van der Waals surface area contributed by atoms with E-state index in [-0.39, 0.29) is 6.54 Å². The number of nitrogens with zero attached hydrogens (tertiary/aromatic N) is 1. The van der Waals surface area contributed by atoms with Gasteiger partial charge in [0.25, 0.3) is 0 Å². The summed E-state index contributed by atoms with van der Waals surface area (Å²) in [5, 5.41) is 0. The maximum atomic E-state index is 10.9. The van der Waals surface area contributed by atoms with Crippen molar-refractivity contribution < 1.29 is 14.3 Å². The summed E-state index contributed by atoms with van der Waals surface area (Å²) in [6.45, 7) is 3.82. The van der Waals surface area contributed by atoms with E-state index in [1.54, 1.807) is 0 Å². The molecule has 1 atom stereocenters. The van der Waals surface area contributed by atoms with Gasteiger partial charge in [0.2, 0.25) is 0 Å². The Kier molecular flexibility index (Phi) is 2.83. The zero-order valence-corrected chi connectivity index (χ0v) is 8.15. The average Bonchev–Trinajstić information content (AvgIpc) is 2.15. The van der Waals surface area contributed by atoms with Gasteiger partial charge in [-0.2, -0.15) is 0 Å². The first-order valence-corrected chi connectivity index (χ1v) is 4.92. The molecule has 14 heavy (non-hydrogen) atoms. The van der Waals surface area contributed by atoms with Crippen molar-refractivity contribution in [1.29, 1.82) is 0 Å². The van der Waals surface area contributed by atoms with Gasteiger partial charge in [0.1, 0.15) is 5.60 Å². The lowest BCUT2D eigenvalue weighted by atomic mass is 10.0. The van der Waals surface area contributed by atoms with Crippen LogP contribution in [0.15, 0.2) is 0 Å². The van der Waals surface area contributed by atoms with Crippen LogP contribution >= 0.6 is 0 Å². The second kappa shape index (κ2) is 3.94. The number of carbonyl (C=O) groups is 1. The number of aldehydes is 1. The predicted molar refractivity (Wildman–Crippen MR) is 50.0 cm³/mol. The number of rotatable bonds is 3. The third kappa shape index (κ3) is 1.68. The molecule has 0 radical (unpaired) electrons. The fourth-order valence-corrected chi connectivity index (χ4v) is 1.82. The van der Waals surface area contributed by atoms with E-state index in [0.29, 0.717) is 19.2 Å². The van der Waals surface area contributed by atoms with Gasteiger partial charge in [0, 0.05) is 19.6 Å². The quantitative estimate of drug-likeness (QED) is 0.568. The van der Waals surface area contributed by atoms with Gasteiger partial charge >= 0.3 is 0 Å². The van der Waals surface area contributed by atoms with E-state index in [0.717, 1.165) is 26.0 Å². The van der Waals surface area contributed by atoms with Crippen LogP contribution in [0.1, 0.15) is 0 Å². The minimum Gasteiger partial charge on any atom is -0.378 e. The Hall–Kier alpha value is -0.490. The lowest BCUT2D eigenvalue weighted by Crippen LogP contribution is -2.62. The van der Waals surface area contributed by atoms with Crippen molar-refractivity contribution >= 4 is 6.29 Å². The second-order valence-electron chi connectivity index (χ2n) is 3.90. The Morgan fingerprint density at radius 2 is 2.36 bits per heavy atom. The Morgan fingerprint density at radius 1 is 1.57 bits per heavy atom. The van der Waals surface area contributed by atoms with Crippen molar-refractivity contribution in [2.75, 3.05) is 39.5 Å². The Morgan fingerprint density at radius 3 is 2.86 bits per heavy atom. The topological polar surface area (TPSA) is 64.8 Å². The first-order valence-electron chi connectivity index (χ1n) is 4.92. The molecule has 0 aliphatic carbocycles. The van der Waals surface area contributed by atoms with Crippen molar-refractivity contribution in [3.05, 3.63) is 0 Å². The molecule has 0 saturated carbocycles. The molecule has 0 amide bonds. The number of hydrogen-bond donors (Lipinski definition) is 1. The third-order valence-corrected chi connectivity index (χ3v) is 2.94. The number of carbonyl (C=O) groups excluding carboxylic acids is 1. The number of nitrogens with two attached hydrogens (primary N) is 1. The van der Waals surface area contributed by atoms with Gasteiger partial charge in [0.05, 0.1) is 25.9 Å². The summed E-state index contributed by atoms with van der Waals surface area (Å²) in [6.07, 6.45) is 0.832. The van der Waals surface area contributed by atoms with Crippen molar-refractivity contribution in [2.45, 2.75) is 11.6 Å². The highest BCUT2D eigenvalue weighted by atomic mass is 16.5. The molecule has 2 saturated heterocycles. The van der Waals surface area contributed by atoms with Crippen molar-refractivity contribution in [3.63, 3.8) is 0 Å². The first kappa shape index (κ1) is 10.0. The number of hydrogen-bond acceptors (Lipinski definition) is 5. The van der Waals surface area contributed by atoms with E-state index in [1.807, 2.05) is 0 Å². The highest BCUT2D eigenvalue weighted by Gasteiger charge is 2.39. The van der Waals surface area contributed by atoms with Gasteiger partial charge in [0.15, 0.2) is 6.29 Å². The van der Waals surface area contributed by atoms with Gasteiger partial charge in [-0.1, -0.05) is 0 Å². The minimum atomic E-state index is -0.784. The Balaban J connectivity index is 1.98.